The molecule has 3 fully saturated rings. The summed E-state index contributed by atoms with van der Waals surface area (Å²) in [7, 11) is 4.55. The summed E-state index contributed by atoms with van der Waals surface area (Å²) in [6.07, 6.45) is 10.3. The third-order valence-corrected chi connectivity index (χ3v) is 14.5. The van der Waals surface area contributed by atoms with Crippen LogP contribution < -0.4 is 0 Å². The molecule has 1 saturated carbocycles. The summed E-state index contributed by atoms with van der Waals surface area (Å²) in [6.45, 7) is 10.8. The molecule has 3 aliphatic heterocycles. The predicted molar refractivity (Wildman–Crippen MR) is 241 cm³/mol. The molecular formula is C50H79NO13. The molecule has 2 saturated heterocycles. The van der Waals surface area contributed by atoms with Crippen LogP contribution >= 0.6 is 0 Å². The molecule has 0 aromatic heterocycles. The van der Waals surface area contributed by atoms with Gasteiger partial charge in [-0.15, -0.1) is 0 Å². The Morgan fingerprint density at radius 2 is 1.58 bits per heavy atom. The molecule has 14 heteroatoms. The molecule has 0 aromatic rings. The van der Waals surface area contributed by atoms with E-state index in [-0.39, 0.29) is 60.9 Å². The number of cyclic esters (lactones) is 1. The van der Waals surface area contributed by atoms with Crippen molar-refractivity contribution in [2.75, 3.05) is 27.9 Å². The molecule has 4 rings (SSSR count). The molecule has 64 heavy (non-hydrogen) atoms. The lowest BCUT2D eigenvalue weighted by atomic mass is 9.78. The van der Waals surface area contributed by atoms with Gasteiger partial charge in [-0.05, 0) is 114 Å². The Kier molecular flexibility index (Phi) is 21.0. The van der Waals surface area contributed by atoms with Crippen molar-refractivity contribution in [2.45, 2.75) is 192 Å². The quantitative estimate of drug-likeness (QED) is 0.156. The van der Waals surface area contributed by atoms with Crippen molar-refractivity contribution in [3.63, 3.8) is 0 Å². The van der Waals surface area contributed by atoms with Gasteiger partial charge in [-0.25, -0.2) is 4.79 Å². The first-order valence-electron chi connectivity index (χ1n) is 23.8. The number of methoxy groups -OCH3 is 3. The lowest BCUT2D eigenvalue weighted by molar-refractivity contribution is -0.265. The molecule has 1 amide bonds. The minimum atomic E-state index is -2.42. The number of carbonyl (C=O) groups excluding carboxylic acids is 5. The number of aliphatic hydroxyl groups is 3. The van der Waals surface area contributed by atoms with E-state index in [1.807, 2.05) is 39.0 Å². The zero-order valence-corrected chi connectivity index (χ0v) is 40.0. The van der Waals surface area contributed by atoms with Crippen molar-refractivity contribution < 1.29 is 63.0 Å². The number of rotatable bonds is 6. The zero-order chi connectivity index (χ0) is 47.3. The van der Waals surface area contributed by atoms with Gasteiger partial charge in [-0.1, -0.05) is 58.4 Å². The Bertz CT molecular complexity index is 1680. The molecular weight excluding hydrogens is 823 g/mol. The standard InChI is InChI=1S/C50H79NO13/c1-30-17-13-11-10-12-14-18-31(2)44(54)46(62-9)45(55)34(5)25-32(3)40(53)29-42(33(4)26-36-21-23-39(52)43(27-36)61-8)63-49(58)38-19-15-16-24-51(38)48(57)47(56)50(59)35(6)20-22-37(64-50)28-41(30)60-7/h11,13,17,25,31-33,35-39,41-43,45-46,52,55,59H,10,12,14-16,18-24,26-29H2,1-9H3/b13-11-,30-17+,34-25-/t31-,32-,33-,35-,36-,37+,38+,39-,41+,42+,43-,45-,46+,50-/m1/s1. The van der Waals surface area contributed by atoms with Gasteiger partial charge in [0.15, 0.2) is 5.78 Å². The summed E-state index contributed by atoms with van der Waals surface area (Å²) in [6, 6.07) is -1.13. The van der Waals surface area contributed by atoms with Crippen molar-refractivity contribution in [1.82, 2.24) is 4.90 Å². The topological polar surface area (TPSA) is 195 Å². The third kappa shape index (κ3) is 14.0. The van der Waals surface area contributed by atoms with Crippen molar-refractivity contribution in [1.29, 1.82) is 0 Å². The number of ketones is 3. The molecule has 362 valence electrons. The van der Waals surface area contributed by atoms with Gasteiger partial charge in [0.05, 0.1) is 24.4 Å². The highest BCUT2D eigenvalue weighted by atomic mass is 16.6. The maximum atomic E-state index is 14.3. The van der Waals surface area contributed by atoms with Crippen LogP contribution in [0.2, 0.25) is 0 Å². The molecule has 0 radical (unpaired) electrons. The first-order chi connectivity index (χ1) is 30.4. The Balaban J connectivity index is 1.67. The smallest absolute Gasteiger partial charge is 0.329 e. The monoisotopic (exact) mass is 902 g/mol. The van der Waals surface area contributed by atoms with Crippen molar-refractivity contribution in [3.8, 4) is 0 Å². The number of nitrogens with zero attached hydrogens (tertiary/aromatic N) is 1. The van der Waals surface area contributed by atoms with Gasteiger partial charge >= 0.3 is 5.97 Å². The van der Waals surface area contributed by atoms with Gasteiger partial charge in [-0.2, -0.15) is 0 Å². The SMILES string of the molecule is CO[C@H]1C[C@@H]2CC[C@@H](C)[C@@](O)(O2)C(=O)C(=O)N2CCCC[C@H]2C(=O)O[C@H]([C@H](C)C[C@H]2CC[C@@H](O)[C@H](OC)C2)CC(=O)[C@H](C)/C=C(/C)[C@@H](O)[C@@H](OC)C(=O)[C@H](C)CCCC/C=C\C=C\1C. The number of hydrogen-bond donors (Lipinski definition) is 3. The predicted octanol–water partition coefficient (Wildman–Crippen LogP) is 6.16. The molecule has 0 aromatic carbocycles. The number of allylic oxidation sites excluding steroid dienone is 4. The minimum Gasteiger partial charge on any atom is -0.460 e. The Labute approximate surface area is 381 Å². The van der Waals surface area contributed by atoms with Gasteiger partial charge in [0.25, 0.3) is 11.7 Å². The highest BCUT2D eigenvalue weighted by Crippen LogP contribution is 2.38. The van der Waals surface area contributed by atoms with Crippen molar-refractivity contribution in [3.05, 3.63) is 35.5 Å². The Morgan fingerprint density at radius 1 is 0.859 bits per heavy atom. The van der Waals surface area contributed by atoms with E-state index in [9.17, 15) is 39.3 Å². The second-order valence-electron chi connectivity index (χ2n) is 19.3. The van der Waals surface area contributed by atoms with E-state index in [4.69, 9.17) is 23.7 Å². The number of fused-ring (bicyclic) bond motifs is 3. The van der Waals surface area contributed by atoms with Crippen LogP contribution in [0.4, 0.5) is 0 Å². The second-order valence-corrected chi connectivity index (χ2v) is 19.3. The summed E-state index contributed by atoms with van der Waals surface area (Å²) in [5.74, 6) is -7.79. The summed E-state index contributed by atoms with van der Waals surface area (Å²) < 4.78 is 29.3. The van der Waals surface area contributed by atoms with Crippen LogP contribution in [0.15, 0.2) is 35.5 Å². The number of aliphatic hydroxyl groups excluding tert-OH is 2. The van der Waals surface area contributed by atoms with E-state index >= 15 is 0 Å². The molecule has 4 aliphatic rings. The molecule has 1 aliphatic carbocycles. The fourth-order valence-corrected chi connectivity index (χ4v) is 10.0. The van der Waals surface area contributed by atoms with E-state index in [1.165, 1.54) is 12.0 Å². The maximum absolute atomic E-state index is 14.3. The largest absolute Gasteiger partial charge is 0.460 e. The Morgan fingerprint density at radius 3 is 2.27 bits per heavy atom. The van der Waals surface area contributed by atoms with Crippen LogP contribution in [0, 0.1) is 29.6 Å². The van der Waals surface area contributed by atoms with E-state index in [2.05, 4.69) is 0 Å². The Hall–Kier alpha value is -3.11. The fraction of sp³-hybridized carbons (Fsp3) is 0.780. The first-order valence-corrected chi connectivity index (χ1v) is 23.8. The summed E-state index contributed by atoms with van der Waals surface area (Å²) in [4.78, 5) is 71.6. The van der Waals surface area contributed by atoms with Gasteiger partial charge in [0.2, 0.25) is 5.79 Å². The van der Waals surface area contributed by atoms with Gasteiger partial charge in [0, 0.05) is 58.5 Å². The first kappa shape index (κ1) is 53.5. The summed E-state index contributed by atoms with van der Waals surface area (Å²) in [5, 5.41) is 33.8. The second kappa shape index (κ2) is 25.1. The van der Waals surface area contributed by atoms with Gasteiger partial charge in [0.1, 0.15) is 30.1 Å². The van der Waals surface area contributed by atoms with Crippen LogP contribution in [-0.4, -0.2) is 132 Å². The molecule has 0 spiro atoms. The fourth-order valence-electron chi connectivity index (χ4n) is 10.0. The highest BCUT2D eigenvalue weighted by molar-refractivity contribution is 6.39. The lowest BCUT2D eigenvalue weighted by Gasteiger charge is -2.42. The number of ether oxygens (including phenoxy) is 5. The van der Waals surface area contributed by atoms with E-state index in [0.717, 1.165) is 31.3 Å². The van der Waals surface area contributed by atoms with Crippen LogP contribution in [0.1, 0.15) is 138 Å². The normalized spacial score (nSPS) is 39.4. The molecule has 3 N–H and O–H groups in total. The lowest BCUT2D eigenvalue weighted by Crippen LogP contribution is -2.61. The number of carbonyl (C=O) groups is 5. The highest BCUT2D eigenvalue weighted by Gasteiger charge is 2.53. The summed E-state index contributed by atoms with van der Waals surface area (Å²) in [5.41, 5.74) is 1.32. The number of piperidine rings is 1. The van der Waals surface area contributed by atoms with Crippen LogP contribution in [0.25, 0.3) is 0 Å². The third-order valence-electron chi connectivity index (χ3n) is 14.5. The van der Waals surface area contributed by atoms with Gasteiger partial charge < -0.3 is 43.9 Å². The summed E-state index contributed by atoms with van der Waals surface area (Å²) >= 11 is 0. The van der Waals surface area contributed by atoms with Crippen molar-refractivity contribution in [2.24, 2.45) is 29.6 Å². The zero-order valence-electron chi connectivity index (χ0n) is 40.0. The van der Waals surface area contributed by atoms with E-state index < -0.39 is 71.8 Å². The number of Topliss-reactive ketones (excluding diaryl/α,β-unsaturated/α-hetero) is 3. The molecule has 14 nitrogen and oxygen atoms in total. The average molecular weight is 902 g/mol. The average Bonchev–Trinajstić information content (AvgIpc) is 3.28. The molecule has 0 unspecified atom stereocenters. The number of hydrogen-bond acceptors (Lipinski definition) is 13. The molecule has 2 bridgehead atoms. The van der Waals surface area contributed by atoms with E-state index in [1.54, 1.807) is 41.1 Å². The minimum absolute atomic E-state index is 0.0939. The maximum Gasteiger partial charge on any atom is 0.329 e. The van der Waals surface area contributed by atoms with E-state index in [0.29, 0.717) is 63.4 Å². The van der Waals surface area contributed by atoms with Crippen molar-refractivity contribution >= 4 is 29.2 Å². The van der Waals surface area contributed by atoms with Crippen LogP contribution in [-0.2, 0) is 47.7 Å². The molecule has 3 heterocycles. The van der Waals surface area contributed by atoms with Crippen LogP contribution in [0.5, 0.6) is 0 Å². The van der Waals surface area contributed by atoms with Gasteiger partial charge in [-0.3, -0.25) is 19.2 Å². The number of esters is 1. The number of amides is 1. The molecule has 14 atom stereocenters. The van der Waals surface area contributed by atoms with Crippen LogP contribution in [0.3, 0.4) is 0 Å².